The Balaban J connectivity index is 1.98. The molecule has 0 aromatic heterocycles. The molecule has 2 amide bonds. The van der Waals surface area contributed by atoms with Crippen molar-refractivity contribution >= 4 is 12.0 Å². The number of fused-ring (bicyclic) bond motifs is 3. The lowest BCUT2D eigenvalue weighted by atomic mass is 9.81. The van der Waals surface area contributed by atoms with E-state index in [4.69, 9.17) is 15.2 Å². The van der Waals surface area contributed by atoms with E-state index in [1.165, 1.54) is 0 Å². The molecule has 4 aliphatic rings. The normalized spacial score (nSPS) is 45.7. The van der Waals surface area contributed by atoms with E-state index in [0.29, 0.717) is 4.90 Å². The predicted octanol–water partition coefficient (Wildman–Crippen LogP) is -2.86. The van der Waals surface area contributed by atoms with Gasteiger partial charge in [0.25, 0.3) is 5.91 Å². The Morgan fingerprint density at radius 2 is 2.00 bits per heavy atom. The number of carbonyl (C=O) groups is 2. The van der Waals surface area contributed by atoms with Crippen LogP contribution < -0.4 is 5.73 Å². The van der Waals surface area contributed by atoms with Crippen LogP contribution in [-0.4, -0.2) is 77.0 Å². The molecule has 4 aliphatic heterocycles. The highest BCUT2D eigenvalue weighted by Crippen LogP contribution is 2.42. The van der Waals surface area contributed by atoms with Gasteiger partial charge in [0, 0.05) is 6.54 Å². The summed E-state index contributed by atoms with van der Waals surface area (Å²) in [6, 6.07) is 0. The van der Waals surface area contributed by atoms with Crippen molar-refractivity contribution in [3.63, 3.8) is 0 Å². The molecule has 9 nitrogen and oxygen atoms in total. The van der Waals surface area contributed by atoms with E-state index in [1.54, 1.807) is 0 Å². The minimum absolute atomic E-state index is 0.0559. The lowest BCUT2D eigenvalue weighted by molar-refractivity contribution is -0.375. The van der Waals surface area contributed by atoms with Crippen LogP contribution in [0, 0.1) is 0 Å². The van der Waals surface area contributed by atoms with Gasteiger partial charge in [0.2, 0.25) is 5.72 Å². The van der Waals surface area contributed by atoms with Crippen LogP contribution in [0.1, 0.15) is 0 Å². The van der Waals surface area contributed by atoms with Crippen molar-refractivity contribution in [3.8, 4) is 0 Å². The number of aliphatic hydroxyl groups excluding tert-OH is 2. The molecule has 4 N–H and O–H groups in total. The summed E-state index contributed by atoms with van der Waals surface area (Å²) in [6.45, 7) is -0.865. The van der Waals surface area contributed by atoms with Gasteiger partial charge < -0.3 is 30.2 Å². The first-order chi connectivity index (χ1) is 8.97. The molecule has 4 atom stereocenters. The molecule has 1 unspecified atom stereocenters. The molecule has 0 radical (unpaired) electrons. The van der Waals surface area contributed by atoms with Crippen LogP contribution in [-0.2, 0) is 19.0 Å². The molecule has 0 aromatic rings. The van der Waals surface area contributed by atoms with Gasteiger partial charge in [0.1, 0.15) is 17.8 Å². The maximum absolute atomic E-state index is 11.7. The van der Waals surface area contributed by atoms with Crippen LogP contribution in [0.15, 0.2) is 0 Å². The SMILES string of the molecule is NC[C@@]12COC(N3C(=O)COC3=O)(CO1)[C@@H](O)[C@H]2O. The largest absolute Gasteiger partial charge is 0.439 e. The van der Waals surface area contributed by atoms with E-state index >= 15 is 0 Å². The summed E-state index contributed by atoms with van der Waals surface area (Å²) in [6.07, 6.45) is -3.80. The van der Waals surface area contributed by atoms with Gasteiger partial charge in [-0.05, 0) is 0 Å². The van der Waals surface area contributed by atoms with Crippen molar-refractivity contribution < 1.29 is 34.0 Å². The summed E-state index contributed by atoms with van der Waals surface area (Å²) >= 11 is 0. The molecule has 0 aliphatic carbocycles. The minimum atomic E-state index is -1.75. The summed E-state index contributed by atoms with van der Waals surface area (Å²) in [5.74, 6) is -0.651. The molecule has 4 rings (SSSR count). The first kappa shape index (κ1) is 12.8. The molecule has 9 heteroatoms. The van der Waals surface area contributed by atoms with Gasteiger partial charge in [-0.15, -0.1) is 0 Å². The molecular formula is C10H14N2O7. The minimum Gasteiger partial charge on any atom is -0.439 e. The standard InChI is InChI=1S/C10H14N2O7/c11-2-9-3-19-10(4-18-9,7(15)6(9)14)12-5(13)1-17-8(12)16/h6-7,14-15H,1-4,11H2/t6-,7+,9+,10?/m1/s1. The van der Waals surface area contributed by atoms with Gasteiger partial charge in [-0.25, -0.2) is 9.69 Å². The Morgan fingerprint density at radius 1 is 1.26 bits per heavy atom. The first-order valence-corrected chi connectivity index (χ1v) is 5.81. The van der Waals surface area contributed by atoms with Crippen molar-refractivity contribution in [2.24, 2.45) is 5.73 Å². The fourth-order valence-corrected chi connectivity index (χ4v) is 2.67. The van der Waals surface area contributed by atoms with Crippen LogP contribution in [0.25, 0.3) is 0 Å². The Hall–Kier alpha value is -1.26. The number of imide groups is 1. The number of cyclic esters (lactones) is 1. The second-order valence-corrected chi connectivity index (χ2v) is 4.86. The van der Waals surface area contributed by atoms with Crippen molar-refractivity contribution in [1.82, 2.24) is 4.90 Å². The van der Waals surface area contributed by atoms with Crippen LogP contribution >= 0.6 is 0 Å². The molecule has 0 aromatic carbocycles. The second kappa shape index (κ2) is 3.87. The Kier molecular flexibility index (Phi) is 2.60. The van der Waals surface area contributed by atoms with E-state index in [2.05, 4.69) is 4.74 Å². The molecule has 19 heavy (non-hydrogen) atoms. The van der Waals surface area contributed by atoms with Crippen molar-refractivity contribution in [2.45, 2.75) is 23.5 Å². The number of hydrogen-bond donors (Lipinski definition) is 3. The summed E-state index contributed by atoms with van der Waals surface area (Å²) in [5.41, 5.74) is 2.57. The van der Waals surface area contributed by atoms with Crippen molar-refractivity contribution in [1.29, 1.82) is 0 Å². The zero-order valence-electron chi connectivity index (χ0n) is 9.94. The molecule has 0 spiro atoms. The number of hydrogen-bond acceptors (Lipinski definition) is 8. The molecular weight excluding hydrogens is 260 g/mol. The van der Waals surface area contributed by atoms with E-state index in [1.807, 2.05) is 0 Å². The zero-order valence-corrected chi connectivity index (χ0v) is 9.94. The smallest absolute Gasteiger partial charge is 0.419 e. The van der Waals surface area contributed by atoms with Crippen LogP contribution in [0.4, 0.5) is 4.79 Å². The summed E-state index contributed by atoms with van der Waals surface area (Å²) in [4.78, 5) is 24.0. The van der Waals surface area contributed by atoms with Gasteiger partial charge in [0.05, 0.1) is 13.2 Å². The Labute approximate surface area is 107 Å². The highest BCUT2D eigenvalue weighted by molar-refractivity contribution is 5.98. The first-order valence-electron chi connectivity index (χ1n) is 5.81. The zero-order chi connectivity index (χ0) is 13.8. The highest BCUT2D eigenvalue weighted by atomic mass is 16.7. The number of nitrogens with two attached hydrogens (primary N) is 1. The van der Waals surface area contributed by atoms with Gasteiger partial charge in [0.15, 0.2) is 6.61 Å². The molecule has 4 saturated heterocycles. The van der Waals surface area contributed by atoms with E-state index < -0.39 is 42.1 Å². The van der Waals surface area contributed by atoms with Gasteiger partial charge in [-0.1, -0.05) is 0 Å². The third-order valence-electron chi connectivity index (χ3n) is 3.91. The second-order valence-electron chi connectivity index (χ2n) is 4.86. The molecule has 2 bridgehead atoms. The average molecular weight is 274 g/mol. The van der Waals surface area contributed by atoms with E-state index in [0.717, 1.165) is 0 Å². The number of amides is 2. The lowest BCUT2D eigenvalue weighted by Crippen LogP contribution is -2.81. The van der Waals surface area contributed by atoms with Crippen LogP contribution in [0.5, 0.6) is 0 Å². The number of rotatable bonds is 2. The molecule has 4 fully saturated rings. The van der Waals surface area contributed by atoms with Crippen LogP contribution in [0.2, 0.25) is 0 Å². The average Bonchev–Trinajstić information content (AvgIpc) is 2.76. The number of carbonyl (C=O) groups excluding carboxylic acids is 2. The van der Waals surface area contributed by atoms with Gasteiger partial charge in [-0.3, -0.25) is 4.79 Å². The number of nitrogens with zero attached hydrogens (tertiary/aromatic N) is 1. The molecule has 0 saturated carbocycles. The van der Waals surface area contributed by atoms with E-state index in [9.17, 15) is 19.8 Å². The fraction of sp³-hybridized carbons (Fsp3) is 0.800. The Bertz CT molecular complexity index is 416. The maximum Gasteiger partial charge on any atom is 0.419 e. The highest BCUT2D eigenvalue weighted by Gasteiger charge is 2.67. The predicted molar refractivity (Wildman–Crippen MR) is 56.6 cm³/mol. The fourth-order valence-electron chi connectivity index (χ4n) is 2.67. The molecule has 4 heterocycles. The van der Waals surface area contributed by atoms with Gasteiger partial charge >= 0.3 is 6.09 Å². The topological polar surface area (TPSA) is 132 Å². The van der Waals surface area contributed by atoms with Crippen molar-refractivity contribution in [3.05, 3.63) is 0 Å². The van der Waals surface area contributed by atoms with Crippen molar-refractivity contribution in [2.75, 3.05) is 26.4 Å². The summed E-state index contributed by atoms with van der Waals surface area (Å²) < 4.78 is 15.5. The lowest BCUT2D eigenvalue weighted by Gasteiger charge is -2.58. The summed E-state index contributed by atoms with van der Waals surface area (Å²) in [5, 5.41) is 20.3. The van der Waals surface area contributed by atoms with E-state index in [-0.39, 0.29) is 19.8 Å². The number of aliphatic hydroxyl groups is 2. The number of ether oxygens (including phenoxy) is 3. The van der Waals surface area contributed by atoms with Crippen LogP contribution in [0.3, 0.4) is 0 Å². The van der Waals surface area contributed by atoms with Gasteiger partial charge in [-0.2, -0.15) is 0 Å². The monoisotopic (exact) mass is 274 g/mol. The maximum atomic E-state index is 11.7. The quantitative estimate of drug-likeness (QED) is 0.490. The Morgan fingerprint density at radius 3 is 2.47 bits per heavy atom. The third-order valence-corrected chi connectivity index (χ3v) is 3.91. The molecule has 106 valence electrons. The third kappa shape index (κ3) is 1.41. The summed E-state index contributed by atoms with van der Waals surface area (Å²) in [7, 11) is 0.